The number of benzene rings is 2. The van der Waals surface area contributed by atoms with Gasteiger partial charge in [-0.2, -0.15) is 0 Å². The van der Waals surface area contributed by atoms with Gasteiger partial charge in [-0.1, -0.05) is 48.5 Å². The van der Waals surface area contributed by atoms with Crippen molar-refractivity contribution in [3.8, 4) is 11.1 Å². The molecule has 0 saturated heterocycles. The molecule has 0 radical (unpaired) electrons. The van der Waals surface area contributed by atoms with E-state index in [1.165, 1.54) is 5.56 Å². The molecule has 2 nitrogen and oxygen atoms in total. The van der Waals surface area contributed by atoms with Gasteiger partial charge in [0.2, 0.25) is 0 Å². The summed E-state index contributed by atoms with van der Waals surface area (Å²) >= 11 is 0. The molecule has 0 amide bonds. The van der Waals surface area contributed by atoms with Crippen molar-refractivity contribution in [3.63, 3.8) is 0 Å². The number of aliphatic carboxylic acids is 1. The van der Waals surface area contributed by atoms with Gasteiger partial charge in [-0.25, -0.2) is 4.79 Å². The molecule has 0 aliphatic rings. The standard InChI is InChI=1S/C16H14O2.ClH/c1-12-6-2-4-8-14(12)15-9-5-3-7-13(15)10-11-16(17)18;/h2-11H,1H3,(H,17,18);1H. The Kier molecular flexibility index (Phi) is 5.34. The van der Waals surface area contributed by atoms with E-state index in [4.69, 9.17) is 5.11 Å². The van der Waals surface area contributed by atoms with Crippen LogP contribution in [0.2, 0.25) is 0 Å². The van der Waals surface area contributed by atoms with E-state index < -0.39 is 5.97 Å². The molecule has 0 bridgehead atoms. The van der Waals surface area contributed by atoms with Gasteiger partial charge in [0.1, 0.15) is 0 Å². The first-order chi connectivity index (χ1) is 8.68. The zero-order chi connectivity index (χ0) is 13.0. The first-order valence-corrected chi connectivity index (χ1v) is 5.74. The number of carboxylic acid groups (broad SMARTS) is 1. The fraction of sp³-hybridized carbons (Fsp3) is 0.0625. The summed E-state index contributed by atoms with van der Waals surface area (Å²) in [5.41, 5.74) is 4.26. The van der Waals surface area contributed by atoms with E-state index in [2.05, 4.69) is 0 Å². The minimum absolute atomic E-state index is 0. The number of carboxylic acids is 1. The van der Waals surface area contributed by atoms with Crippen LogP contribution in [0.15, 0.2) is 54.6 Å². The van der Waals surface area contributed by atoms with Gasteiger partial charge in [0, 0.05) is 6.08 Å². The molecular weight excluding hydrogens is 260 g/mol. The fourth-order valence-electron chi connectivity index (χ4n) is 1.92. The van der Waals surface area contributed by atoms with Crippen molar-refractivity contribution >= 4 is 24.5 Å². The van der Waals surface area contributed by atoms with Crippen LogP contribution in [-0.4, -0.2) is 11.1 Å². The minimum atomic E-state index is -0.936. The summed E-state index contributed by atoms with van der Waals surface area (Å²) in [5.74, 6) is -0.936. The predicted octanol–water partition coefficient (Wildman–Crippen LogP) is 4.18. The van der Waals surface area contributed by atoms with E-state index in [1.807, 2.05) is 55.5 Å². The van der Waals surface area contributed by atoms with Crippen LogP contribution in [0.4, 0.5) is 0 Å². The molecule has 2 aromatic rings. The number of aryl methyl sites for hydroxylation is 1. The first kappa shape index (κ1) is 15.0. The SMILES string of the molecule is Cc1ccccc1-c1ccccc1C=CC(=O)O.Cl. The molecule has 0 atom stereocenters. The molecule has 1 N–H and O–H groups in total. The molecule has 0 unspecified atom stereocenters. The maximum absolute atomic E-state index is 10.6. The summed E-state index contributed by atoms with van der Waals surface area (Å²) in [5, 5.41) is 8.70. The molecule has 0 heterocycles. The Balaban J connectivity index is 0.00000180. The third-order valence-corrected chi connectivity index (χ3v) is 2.80. The molecule has 19 heavy (non-hydrogen) atoms. The zero-order valence-electron chi connectivity index (χ0n) is 10.5. The Morgan fingerprint density at radius 3 is 2.21 bits per heavy atom. The second-order valence-corrected chi connectivity index (χ2v) is 4.07. The van der Waals surface area contributed by atoms with Gasteiger partial charge in [-0.3, -0.25) is 0 Å². The predicted molar refractivity (Wildman–Crippen MR) is 80.5 cm³/mol. The Morgan fingerprint density at radius 2 is 1.58 bits per heavy atom. The molecule has 3 heteroatoms. The van der Waals surface area contributed by atoms with Gasteiger partial charge in [-0.15, -0.1) is 12.4 Å². The Labute approximate surface area is 118 Å². The van der Waals surface area contributed by atoms with Crippen molar-refractivity contribution in [1.29, 1.82) is 0 Å². The Morgan fingerprint density at radius 1 is 1.00 bits per heavy atom. The lowest BCUT2D eigenvalue weighted by Crippen LogP contribution is -1.89. The summed E-state index contributed by atoms with van der Waals surface area (Å²) in [7, 11) is 0. The molecule has 2 aromatic carbocycles. The molecule has 2 rings (SSSR count). The van der Waals surface area contributed by atoms with Gasteiger partial charge in [0.25, 0.3) is 0 Å². The Bertz CT molecular complexity index is 603. The summed E-state index contributed by atoms with van der Waals surface area (Å²) in [6.45, 7) is 2.05. The van der Waals surface area contributed by atoms with E-state index in [1.54, 1.807) is 6.08 Å². The number of carbonyl (C=O) groups is 1. The van der Waals surface area contributed by atoms with Crippen LogP contribution in [0.3, 0.4) is 0 Å². The number of halogens is 1. The molecule has 0 spiro atoms. The fourth-order valence-corrected chi connectivity index (χ4v) is 1.92. The maximum Gasteiger partial charge on any atom is 0.328 e. The highest BCUT2D eigenvalue weighted by atomic mass is 35.5. The minimum Gasteiger partial charge on any atom is -0.478 e. The average Bonchev–Trinajstić information content (AvgIpc) is 2.37. The molecular formula is C16H15ClO2. The quantitative estimate of drug-likeness (QED) is 0.853. The highest BCUT2D eigenvalue weighted by molar-refractivity contribution is 5.88. The smallest absolute Gasteiger partial charge is 0.328 e. The van der Waals surface area contributed by atoms with Crippen LogP contribution in [0.25, 0.3) is 17.2 Å². The van der Waals surface area contributed by atoms with Crippen LogP contribution in [0, 0.1) is 6.92 Å². The van der Waals surface area contributed by atoms with Crippen LogP contribution in [0.5, 0.6) is 0 Å². The molecule has 98 valence electrons. The van der Waals surface area contributed by atoms with Crippen molar-refractivity contribution in [1.82, 2.24) is 0 Å². The summed E-state index contributed by atoms with van der Waals surface area (Å²) in [6.07, 6.45) is 2.79. The lowest BCUT2D eigenvalue weighted by atomic mass is 9.96. The van der Waals surface area contributed by atoms with Crippen LogP contribution in [0.1, 0.15) is 11.1 Å². The molecule has 0 aliphatic heterocycles. The average molecular weight is 275 g/mol. The topological polar surface area (TPSA) is 37.3 Å². The van der Waals surface area contributed by atoms with Crippen LogP contribution in [-0.2, 0) is 4.79 Å². The highest BCUT2D eigenvalue weighted by Crippen LogP contribution is 2.27. The summed E-state index contributed by atoms with van der Waals surface area (Å²) in [4.78, 5) is 10.6. The third kappa shape index (κ3) is 3.70. The molecule has 0 aliphatic carbocycles. The largest absolute Gasteiger partial charge is 0.478 e. The van der Waals surface area contributed by atoms with E-state index in [9.17, 15) is 4.79 Å². The van der Waals surface area contributed by atoms with Crippen molar-refractivity contribution in [2.75, 3.05) is 0 Å². The maximum atomic E-state index is 10.6. The summed E-state index contributed by atoms with van der Waals surface area (Å²) < 4.78 is 0. The lowest BCUT2D eigenvalue weighted by Gasteiger charge is -2.09. The van der Waals surface area contributed by atoms with Crippen LogP contribution >= 0.6 is 12.4 Å². The third-order valence-electron chi connectivity index (χ3n) is 2.80. The number of hydrogen-bond donors (Lipinski definition) is 1. The zero-order valence-corrected chi connectivity index (χ0v) is 11.4. The number of hydrogen-bond acceptors (Lipinski definition) is 1. The van der Waals surface area contributed by atoms with E-state index in [0.29, 0.717) is 0 Å². The highest BCUT2D eigenvalue weighted by Gasteiger charge is 2.04. The van der Waals surface area contributed by atoms with E-state index in [0.717, 1.165) is 22.8 Å². The molecule has 0 aromatic heterocycles. The number of rotatable bonds is 3. The lowest BCUT2D eigenvalue weighted by molar-refractivity contribution is -0.131. The molecule has 0 fully saturated rings. The van der Waals surface area contributed by atoms with Gasteiger partial charge in [0.15, 0.2) is 0 Å². The van der Waals surface area contributed by atoms with Gasteiger partial charge in [-0.05, 0) is 35.3 Å². The van der Waals surface area contributed by atoms with Gasteiger partial charge >= 0.3 is 5.97 Å². The second kappa shape index (κ2) is 6.76. The van der Waals surface area contributed by atoms with Crippen molar-refractivity contribution in [3.05, 3.63) is 65.7 Å². The van der Waals surface area contributed by atoms with Crippen LogP contribution < -0.4 is 0 Å². The summed E-state index contributed by atoms with van der Waals surface area (Å²) in [6, 6.07) is 15.9. The van der Waals surface area contributed by atoms with Crippen molar-refractivity contribution in [2.24, 2.45) is 0 Å². The molecule has 0 saturated carbocycles. The van der Waals surface area contributed by atoms with Gasteiger partial charge < -0.3 is 5.11 Å². The van der Waals surface area contributed by atoms with Crippen molar-refractivity contribution < 1.29 is 9.90 Å². The monoisotopic (exact) mass is 274 g/mol. The Hall–Kier alpha value is -2.06. The van der Waals surface area contributed by atoms with E-state index in [-0.39, 0.29) is 12.4 Å². The van der Waals surface area contributed by atoms with Crippen molar-refractivity contribution in [2.45, 2.75) is 6.92 Å². The second-order valence-electron chi connectivity index (χ2n) is 4.07. The normalized spacial score (nSPS) is 10.2. The van der Waals surface area contributed by atoms with E-state index >= 15 is 0 Å². The first-order valence-electron chi connectivity index (χ1n) is 5.74. The van der Waals surface area contributed by atoms with Gasteiger partial charge in [0.05, 0.1) is 0 Å².